The number of fused-ring (bicyclic) bond motifs is 8. The van der Waals surface area contributed by atoms with Crippen molar-refractivity contribution < 1.29 is 67.9 Å². The molecule has 16 aliphatic rings. The molecule has 6 aliphatic heterocycles. The minimum atomic E-state index is -1.03. The highest BCUT2D eigenvalue weighted by Crippen LogP contribution is 2.91. The smallest absolute Gasteiger partial charge is 0.410 e. The molecule has 6 heterocycles. The number of carbonyl (C=O) groups is 1. The zero-order valence-corrected chi connectivity index (χ0v) is 66.2. The lowest BCUT2D eigenvalue weighted by Gasteiger charge is -2.64. The zero-order chi connectivity index (χ0) is 72.4. The lowest BCUT2D eigenvalue weighted by atomic mass is 9.41. The first kappa shape index (κ1) is 75.1. The number of nitrogens with zero attached hydrogens (tertiary/aromatic N) is 3. The number of rotatable bonds is 14. The molecule has 0 radical (unpaired) electrons. The third-order valence-corrected chi connectivity index (χ3v) is 34.4. The molecule has 101 heavy (non-hydrogen) atoms. The van der Waals surface area contributed by atoms with E-state index in [0.29, 0.717) is 109 Å². The molecule has 1 amide bonds. The van der Waals surface area contributed by atoms with E-state index < -0.39 is 41.2 Å². The van der Waals surface area contributed by atoms with E-state index in [9.17, 15) is 25.2 Å². The Morgan fingerprint density at radius 3 is 1.32 bits per heavy atom. The van der Waals surface area contributed by atoms with Gasteiger partial charge in [-0.3, -0.25) is 9.80 Å². The van der Waals surface area contributed by atoms with Crippen LogP contribution >= 0.6 is 0 Å². The molecule has 6 saturated heterocycles. The number of hydrogen-bond acceptors (Lipinski definition) is 17. The molecule has 16 fully saturated rings. The van der Waals surface area contributed by atoms with Gasteiger partial charge in [0.25, 0.3) is 0 Å². The first-order valence-corrected chi connectivity index (χ1v) is 41.3. The molecule has 4 spiro atoms. The van der Waals surface area contributed by atoms with Crippen molar-refractivity contribution >= 4 is 6.09 Å². The summed E-state index contributed by atoms with van der Waals surface area (Å²) in [5, 5.41) is 50.9. The van der Waals surface area contributed by atoms with Crippen LogP contribution in [-0.2, 0) is 42.6 Å². The number of amides is 1. The highest BCUT2D eigenvalue weighted by Gasteiger charge is 2.87. The second-order valence-corrected chi connectivity index (χ2v) is 41.4. The summed E-state index contributed by atoms with van der Waals surface area (Å²) in [7, 11) is 0. The quantitative estimate of drug-likeness (QED) is 0.110. The fraction of sp³-hybridized carbons (Fsp3) is 0.988. The van der Waals surface area contributed by atoms with Gasteiger partial charge in [-0.1, -0.05) is 69.2 Å². The van der Waals surface area contributed by atoms with Crippen LogP contribution in [0.3, 0.4) is 0 Å². The van der Waals surface area contributed by atoms with Crippen LogP contribution in [0, 0.1) is 101 Å². The van der Waals surface area contributed by atoms with Crippen molar-refractivity contribution in [1.82, 2.24) is 20.0 Å². The first-order chi connectivity index (χ1) is 47.3. The van der Waals surface area contributed by atoms with Crippen LogP contribution in [0.25, 0.3) is 0 Å². The Bertz CT molecular complexity index is 3030. The standard InChI is InChI=1S/C44H74N2O8.C39H66N2O6/c1-12-50-36(40(8,9)49)28-21-26(2)33-34(52-28)35(47)42(11)30-14-13-29-39(6,7)31(15-16-43(29)25-44(30,43)18-17-41(33,42)10)53-32-24-45(19-20-51-32)27-22-46(23-27)37(48)54-38(3,4)5;1-9-44-33(35(5,6)43)25-18-23(2)30-31(46-25)32(42)37(8)27-11-10-26-34(3,4)28(47-29-21-41(16-17-45-29)24-19-40-20-24)12-13-38(26)22-39(27,38)15-14-36(30,37)7/h26-36,47,49H,12-25H2,1-11H3;23-33,40,42-43H,9-22H2,1-8H3/t26-,28-,29+,30+,31+,32+,33+,34+,35+,36+,41-,42-,43?,44+;23-,25-,26+,27+,28+,29+,30+,31+,32+,33+,36-,37-,38?,39+/m11/s1. The predicted octanol–water partition coefficient (Wildman–Crippen LogP) is 11.6. The molecule has 576 valence electrons. The Morgan fingerprint density at radius 1 is 0.545 bits per heavy atom. The number of ether oxygens (including phenoxy) is 9. The molecule has 18 nitrogen and oxygen atoms in total. The molecule has 10 aliphatic carbocycles. The summed E-state index contributed by atoms with van der Waals surface area (Å²) < 4.78 is 58.3. The van der Waals surface area contributed by atoms with Crippen LogP contribution < -0.4 is 5.32 Å². The second kappa shape index (κ2) is 25.4. The number of nitrogens with one attached hydrogen (secondary N) is 1. The molecule has 5 N–H and O–H groups in total. The molecular weight excluding hydrogens is 1280 g/mol. The van der Waals surface area contributed by atoms with Crippen LogP contribution in [-0.4, -0.2) is 223 Å². The van der Waals surface area contributed by atoms with Gasteiger partial charge in [-0.2, -0.15) is 0 Å². The Balaban J connectivity index is 0.000000165. The maximum atomic E-state index is 12.7. The molecule has 10 saturated carbocycles. The maximum Gasteiger partial charge on any atom is 0.410 e. The van der Waals surface area contributed by atoms with E-state index in [4.69, 9.17) is 42.6 Å². The average molecular weight is 1420 g/mol. The Morgan fingerprint density at radius 2 is 0.941 bits per heavy atom. The van der Waals surface area contributed by atoms with Crippen LogP contribution in [0.4, 0.5) is 4.79 Å². The van der Waals surface area contributed by atoms with E-state index in [1.807, 2.05) is 62.3 Å². The largest absolute Gasteiger partial charge is 0.444 e. The summed E-state index contributed by atoms with van der Waals surface area (Å²) in [4.78, 5) is 19.4. The van der Waals surface area contributed by atoms with Crippen LogP contribution in [0.15, 0.2) is 0 Å². The van der Waals surface area contributed by atoms with Crippen molar-refractivity contribution in [3.63, 3.8) is 0 Å². The van der Waals surface area contributed by atoms with E-state index in [2.05, 4.69) is 84.4 Å². The summed E-state index contributed by atoms with van der Waals surface area (Å²) in [6.45, 7) is 51.2. The summed E-state index contributed by atoms with van der Waals surface area (Å²) in [5.74, 6) is 3.59. The van der Waals surface area contributed by atoms with Crippen molar-refractivity contribution in [2.24, 2.45) is 101 Å². The summed E-state index contributed by atoms with van der Waals surface area (Å²) in [6, 6.07) is 0.950. The van der Waals surface area contributed by atoms with Crippen molar-refractivity contribution in [2.45, 2.75) is 337 Å². The highest BCUT2D eigenvalue weighted by molar-refractivity contribution is 5.69. The number of hydrogen-bond donors (Lipinski definition) is 5. The first-order valence-electron chi connectivity index (χ1n) is 41.3. The number of aliphatic hydroxyl groups is 4. The number of morpholine rings is 2. The SMILES string of the molecule is CCO[C@@H]([C@H]1C[C@@H](C)[C@H]2[C@H](O1)[C@H](O)[C@@]1(C)[C@@H]3CC[C@H]4C(C)(C)[C@@H](O[C@H]5CN(C6CN(C(=O)OC(C)(C)C)C6)CCO5)CCC45C[C@@]35CC[C@]21C)C(C)(C)O.CCO[C@@H]([C@H]1C[C@@H](C)[C@H]2[C@H](O1)[C@H](O)[C@@]1(C)[C@@H]3CC[C@H]4C(C)(C)[C@@H](O[C@H]5CN(C6CNC6)CCO5)CCC45C[C@@]35CC[C@]21C)C(C)(C)O. The van der Waals surface area contributed by atoms with Crippen LogP contribution in [0.1, 0.15) is 234 Å². The van der Waals surface area contributed by atoms with E-state index in [0.717, 1.165) is 84.4 Å². The van der Waals surface area contributed by atoms with Crippen molar-refractivity contribution in [2.75, 3.05) is 78.8 Å². The van der Waals surface area contributed by atoms with Crippen molar-refractivity contribution in [3.8, 4) is 0 Å². The molecule has 28 atom stereocenters. The van der Waals surface area contributed by atoms with Gasteiger partial charge in [-0.15, -0.1) is 0 Å². The second-order valence-electron chi connectivity index (χ2n) is 41.4. The van der Waals surface area contributed by atoms with E-state index in [1.165, 1.54) is 64.2 Å². The molecule has 18 heteroatoms. The average Bonchev–Trinajstić information content (AvgIpc) is 1.47. The van der Waals surface area contributed by atoms with Crippen LogP contribution in [0.5, 0.6) is 0 Å². The lowest BCUT2D eigenvalue weighted by molar-refractivity contribution is -0.253. The van der Waals surface area contributed by atoms with Crippen molar-refractivity contribution in [3.05, 3.63) is 0 Å². The van der Waals surface area contributed by atoms with Gasteiger partial charge in [-0.05, 0) is 256 Å². The number of aliphatic hydroxyl groups excluding tert-OH is 2. The van der Waals surface area contributed by atoms with Crippen molar-refractivity contribution in [1.29, 1.82) is 0 Å². The molecule has 0 aromatic carbocycles. The minimum absolute atomic E-state index is 0.00571. The Hall–Kier alpha value is -1.33. The monoisotopic (exact) mass is 1420 g/mol. The fourth-order valence-corrected chi connectivity index (χ4v) is 29.6. The van der Waals surface area contributed by atoms with Crippen LogP contribution in [0.2, 0.25) is 0 Å². The third kappa shape index (κ3) is 11.1. The van der Waals surface area contributed by atoms with Gasteiger partial charge >= 0.3 is 6.09 Å². The minimum Gasteiger partial charge on any atom is -0.444 e. The van der Waals surface area contributed by atoms with Gasteiger partial charge in [-0.25, -0.2) is 4.79 Å². The lowest BCUT2D eigenvalue weighted by Crippen LogP contribution is -2.64. The third-order valence-electron chi connectivity index (χ3n) is 34.4. The molecule has 0 aromatic rings. The molecule has 2 unspecified atom stereocenters. The number of carbonyl (C=O) groups excluding carboxylic acids is 1. The Labute approximate surface area is 608 Å². The molecule has 0 bridgehead atoms. The molecule has 0 aromatic heterocycles. The summed E-state index contributed by atoms with van der Waals surface area (Å²) >= 11 is 0. The summed E-state index contributed by atoms with van der Waals surface area (Å²) in [5.41, 5.74) is -1.55. The summed E-state index contributed by atoms with van der Waals surface area (Å²) in [6.07, 6.45) is 15.5. The van der Waals surface area contributed by atoms with E-state index in [1.54, 1.807) is 4.90 Å². The van der Waals surface area contributed by atoms with Gasteiger partial charge in [0, 0.05) is 81.9 Å². The van der Waals surface area contributed by atoms with Gasteiger partial charge in [0.1, 0.15) is 17.8 Å². The maximum absolute atomic E-state index is 12.7. The molecule has 16 rings (SSSR count). The van der Waals surface area contributed by atoms with E-state index >= 15 is 0 Å². The Kier molecular flexibility index (Phi) is 18.9. The van der Waals surface area contributed by atoms with Gasteiger partial charge in [0.05, 0.1) is 79.8 Å². The fourth-order valence-electron chi connectivity index (χ4n) is 29.6. The van der Waals surface area contributed by atoms with Gasteiger partial charge in [0.15, 0.2) is 12.6 Å². The zero-order valence-electron chi connectivity index (χ0n) is 66.2. The predicted molar refractivity (Wildman–Crippen MR) is 386 cm³/mol. The number of likely N-dealkylation sites (tertiary alicyclic amines) is 1. The normalized spacial score (nSPS) is 50.4. The van der Waals surface area contributed by atoms with Gasteiger partial charge < -0.3 is 73.3 Å². The van der Waals surface area contributed by atoms with E-state index in [-0.39, 0.29) is 93.2 Å². The highest BCUT2D eigenvalue weighted by atomic mass is 16.7. The van der Waals surface area contributed by atoms with Gasteiger partial charge in [0.2, 0.25) is 0 Å². The topological polar surface area (TPSA) is 203 Å². The molecular formula is C83H140N4O14.